The molecule has 1 saturated heterocycles. The van der Waals surface area contributed by atoms with Gasteiger partial charge < -0.3 is 10.2 Å². The first-order valence-corrected chi connectivity index (χ1v) is 17.6. The second-order valence-corrected chi connectivity index (χ2v) is 13.3. The van der Waals surface area contributed by atoms with E-state index in [0.29, 0.717) is 27.4 Å². The Bertz CT molecular complexity index is 1920. The van der Waals surface area contributed by atoms with E-state index in [2.05, 4.69) is 53.5 Å². The first-order chi connectivity index (χ1) is 24.0. The number of rotatable bonds is 10. The number of anilines is 1. The van der Waals surface area contributed by atoms with Crippen molar-refractivity contribution in [1.82, 2.24) is 14.7 Å². The van der Waals surface area contributed by atoms with Gasteiger partial charge in [0.05, 0.1) is 10.5 Å². The SMILES string of the molecule is CCCCN1CCC(C(=O)Nc2nn(C(c3ccccc3)(c3ccccc3)c3ccccc3)c3ccc(-c4c(F)cccc4Cl)cc23)CC1. The molecule has 1 aliphatic heterocycles. The number of aromatic nitrogens is 2. The molecule has 0 bridgehead atoms. The third-order valence-electron chi connectivity index (χ3n) is 9.85. The van der Waals surface area contributed by atoms with E-state index in [4.69, 9.17) is 16.7 Å². The molecule has 0 saturated carbocycles. The van der Waals surface area contributed by atoms with E-state index in [1.807, 2.05) is 77.5 Å². The molecule has 2 heterocycles. The summed E-state index contributed by atoms with van der Waals surface area (Å²) >= 11 is 6.57. The van der Waals surface area contributed by atoms with Gasteiger partial charge in [-0.15, -0.1) is 0 Å². The van der Waals surface area contributed by atoms with Crippen molar-refractivity contribution in [3.63, 3.8) is 0 Å². The highest BCUT2D eigenvalue weighted by Crippen LogP contribution is 2.44. The Kier molecular flexibility index (Phi) is 9.61. The topological polar surface area (TPSA) is 50.2 Å². The Balaban J connectivity index is 1.43. The smallest absolute Gasteiger partial charge is 0.228 e. The van der Waals surface area contributed by atoms with Gasteiger partial charge in [0.15, 0.2) is 5.82 Å². The number of piperidine rings is 1. The molecule has 248 valence electrons. The Hall–Kier alpha value is -4.78. The van der Waals surface area contributed by atoms with E-state index in [9.17, 15) is 4.79 Å². The van der Waals surface area contributed by atoms with Crippen LogP contribution in [0.4, 0.5) is 10.2 Å². The molecule has 7 rings (SSSR count). The second kappa shape index (κ2) is 14.4. The molecule has 6 aromatic rings. The number of nitrogens with zero attached hydrogens (tertiary/aromatic N) is 3. The zero-order valence-electron chi connectivity index (χ0n) is 27.7. The number of hydrogen-bond donors (Lipinski definition) is 1. The molecule has 1 fully saturated rings. The molecular weight excluding hydrogens is 631 g/mol. The molecule has 1 aromatic heterocycles. The summed E-state index contributed by atoms with van der Waals surface area (Å²) in [4.78, 5) is 16.5. The normalized spacial score (nSPS) is 14.3. The van der Waals surface area contributed by atoms with E-state index in [-0.39, 0.29) is 11.8 Å². The van der Waals surface area contributed by atoms with Crippen LogP contribution in [0.3, 0.4) is 0 Å². The number of hydrogen-bond acceptors (Lipinski definition) is 3. The molecule has 0 radical (unpaired) electrons. The lowest BCUT2D eigenvalue weighted by molar-refractivity contribution is -0.121. The maximum Gasteiger partial charge on any atom is 0.228 e. The number of amides is 1. The van der Waals surface area contributed by atoms with E-state index >= 15 is 4.39 Å². The lowest BCUT2D eigenvalue weighted by Crippen LogP contribution is -2.39. The van der Waals surface area contributed by atoms with Crippen molar-refractivity contribution in [2.45, 2.75) is 38.1 Å². The molecule has 0 spiro atoms. The van der Waals surface area contributed by atoms with Gasteiger partial charge >= 0.3 is 0 Å². The molecule has 5 nitrogen and oxygen atoms in total. The fourth-order valence-corrected chi connectivity index (χ4v) is 7.59. The summed E-state index contributed by atoms with van der Waals surface area (Å²) in [5.41, 5.74) is 3.83. The van der Waals surface area contributed by atoms with Crippen molar-refractivity contribution in [1.29, 1.82) is 0 Å². The molecule has 0 aliphatic carbocycles. The third kappa shape index (κ3) is 6.27. The Labute approximate surface area is 292 Å². The minimum Gasteiger partial charge on any atom is -0.308 e. The molecule has 49 heavy (non-hydrogen) atoms. The van der Waals surface area contributed by atoms with Gasteiger partial charge in [-0.3, -0.25) is 4.79 Å². The van der Waals surface area contributed by atoms with E-state index < -0.39 is 11.4 Å². The minimum absolute atomic E-state index is 0.0410. The van der Waals surface area contributed by atoms with E-state index in [1.54, 1.807) is 12.1 Å². The summed E-state index contributed by atoms with van der Waals surface area (Å²) in [6.07, 6.45) is 3.92. The third-order valence-corrected chi connectivity index (χ3v) is 10.2. The fraction of sp³-hybridized carbons (Fsp3) is 0.238. The maximum atomic E-state index is 15.3. The number of carbonyl (C=O) groups is 1. The van der Waals surface area contributed by atoms with Gasteiger partial charge in [-0.2, -0.15) is 5.10 Å². The van der Waals surface area contributed by atoms with Crippen LogP contribution >= 0.6 is 11.6 Å². The van der Waals surface area contributed by atoms with Crippen molar-refractivity contribution >= 4 is 34.2 Å². The predicted molar refractivity (Wildman–Crippen MR) is 197 cm³/mol. The molecule has 0 atom stereocenters. The molecule has 1 N–H and O–H groups in total. The van der Waals surface area contributed by atoms with Crippen LogP contribution in [0.5, 0.6) is 0 Å². The van der Waals surface area contributed by atoms with E-state index in [1.165, 1.54) is 12.5 Å². The first kappa shape index (κ1) is 32.8. The lowest BCUT2D eigenvalue weighted by atomic mass is 9.77. The van der Waals surface area contributed by atoms with Gasteiger partial charge in [0.25, 0.3) is 0 Å². The van der Waals surface area contributed by atoms with Crippen LogP contribution in [0.2, 0.25) is 5.02 Å². The summed E-state index contributed by atoms with van der Waals surface area (Å²) in [5.74, 6) is -0.132. The van der Waals surface area contributed by atoms with Gasteiger partial charge in [-0.25, -0.2) is 9.07 Å². The number of likely N-dealkylation sites (tertiary alicyclic amines) is 1. The largest absolute Gasteiger partial charge is 0.308 e. The summed E-state index contributed by atoms with van der Waals surface area (Å²) in [6, 6.07) is 41.4. The van der Waals surface area contributed by atoms with Crippen LogP contribution in [0.15, 0.2) is 127 Å². The van der Waals surface area contributed by atoms with Crippen molar-refractivity contribution in [3.8, 4) is 11.1 Å². The number of unbranched alkanes of at least 4 members (excludes halogenated alkanes) is 1. The number of benzene rings is 5. The molecule has 1 aliphatic rings. The van der Waals surface area contributed by atoms with Crippen LogP contribution in [0.1, 0.15) is 49.3 Å². The average molecular weight is 671 g/mol. The molecule has 5 aromatic carbocycles. The first-order valence-electron chi connectivity index (χ1n) is 17.2. The van der Waals surface area contributed by atoms with Crippen molar-refractivity contribution < 1.29 is 9.18 Å². The number of nitrogens with one attached hydrogen (secondary N) is 1. The van der Waals surface area contributed by atoms with Crippen molar-refractivity contribution in [2.24, 2.45) is 5.92 Å². The molecule has 0 unspecified atom stereocenters. The quantitative estimate of drug-likeness (QED) is 0.148. The van der Waals surface area contributed by atoms with Crippen molar-refractivity contribution in [2.75, 3.05) is 25.0 Å². The number of fused-ring (bicyclic) bond motifs is 1. The molecule has 1 amide bonds. The molecule has 7 heteroatoms. The molecular formula is C42H40ClFN4O. The van der Waals surface area contributed by atoms with Crippen LogP contribution in [-0.4, -0.2) is 40.2 Å². The zero-order chi connectivity index (χ0) is 33.8. The van der Waals surface area contributed by atoms with Gasteiger partial charge in [0, 0.05) is 16.9 Å². The highest BCUT2D eigenvalue weighted by molar-refractivity contribution is 6.33. The summed E-state index contributed by atoms with van der Waals surface area (Å²) < 4.78 is 17.3. The van der Waals surface area contributed by atoms with Crippen LogP contribution in [-0.2, 0) is 10.3 Å². The van der Waals surface area contributed by atoms with Crippen molar-refractivity contribution in [3.05, 3.63) is 155 Å². The summed E-state index contributed by atoms with van der Waals surface area (Å²) in [5, 5.41) is 9.58. The Morgan fingerprint density at radius 3 is 1.98 bits per heavy atom. The predicted octanol–water partition coefficient (Wildman–Crippen LogP) is 9.79. The summed E-state index contributed by atoms with van der Waals surface area (Å²) in [6.45, 7) is 5.09. The van der Waals surface area contributed by atoms with Gasteiger partial charge in [0.1, 0.15) is 11.4 Å². The number of carbonyl (C=O) groups excluding carboxylic acids is 1. The zero-order valence-corrected chi connectivity index (χ0v) is 28.4. The monoisotopic (exact) mass is 670 g/mol. The maximum absolute atomic E-state index is 15.3. The lowest BCUT2D eigenvalue weighted by Gasteiger charge is -2.37. The van der Waals surface area contributed by atoms with Gasteiger partial charge in [0.2, 0.25) is 5.91 Å². The van der Waals surface area contributed by atoms with Gasteiger partial charge in [-0.1, -0.05) is 128 Å². The van der Waals surface area contributed by atoms with E-state index in [0.717, 1.165) is 61.1 Å². The highest BCUT2D eigenvalue weighted by Gasteiger charge is 2.41. The Morgan fingerprint density at radius 2 is 1.43 bits per heavy atom. The fourth-order valence-electron chi connectivity index (χ4n) is 7.32. The van der Waals surface area contributed by atoms with Crippen LogP contribution in [0.25, 0.3) is 22.0 Å². The summed E-state index contributed by atoms with van der Waals surface area (Å²) in [7, 11) is 0. The standard InChI is InChI=1S/C42H40ClFN4O/c1-2-3-26-47-27-24-30(25-28-47)41(49)45-40-35-29-31(39-36(43)20-13-21-37(39)44)22-23-38(35)48(46-40)42(32-14-7-4-8-15-32,33-16-9-5-10-17-33)34-18-11-6-12-19-34/h4-23,29-30H,2-3,24-28H2,1H3,(H,45,46,49). The Morgan fingerprint density at radius 1 is 0.837 bits per heavy atom. The highest BCUT2D eigenvalue weighted by atomic mass is 35.5. The number of halogens is 2. The average Bonchev–Trinajstić information content (AvgIpc) is 3.50. The van der Waals surface area contributed by atoms with Crippen LogP contribution in [0, 0.1) is 11.7 Å². The minimum atomic E-state index is -0.910. The van der Waals surface area contributed by atoms with Gasteiger partial charge in [-0.05, 0) is 85.4 Å². The van der Waals surface area contributed by atoms with Crippen LogP contribution < -0.4 is 5.32 Å². The second-order valence-electron chi connectivity index (χ2n) is 12.9.